The maximum Gasteiger partial charge on any atom is 0.413 e. The number of rotatable bonds is 4. The predicted octanol–water partition coefficient (Wildman–Crippen LogP) is 3.53. The van der Waals surface area contributed by atoms with Crippen molar-refractivity contribution in [1.82, 2.24) is 10.6 Å². The second-order valence-corrected chi connectivity index (χ2v) is 6.00. The van der Waals surface area contributed by atoms with E-state index >= 15 is 0 Å². The van der Waals surface area contributed by atoms with Crippen molar-refractivity contribution < 1.29 is 9.53 Å². The Bertz CT molecular complexity index is 450. The number of carbonyl (C=O) groups is 1. The zero-order valence-corrected chi connectivity index (χ0v) is 13.0. The van der Waals surface area contributed by atoms with Crippen LogP contribution in [0.5, 0.6) is 0 Å². The van der Waals surface area contributed by atoms with E-state index in [9.17, 15) is 4.79 Å². The maximum absolute atomic E-state index is 11.5. The third-order valence-electron chi connectivity index (χ3n) is 2.07. The van der Waals surface area contributed by atoms with Crippen molar-refractivity contribution in [2.75, 3.05) is 0 Å². The number of amides is 1. The molecule has 19 heavy (non-hydrogen) atoms. The summed E-state index contributed by atoms with van der Waals surface area (Å²) in [6.45, 7) is 9.74. The number of carbonyl (C=O) groups excluding carboxylic acids is 1. The van der Waals surface area contributed by atoms with Gasteiger partial charge in [-0.3, -0.25) is 5.32 Å². The lowest BCUT2D eigenvalue weighted by Crippen LogP contribution is -2.35. The van der Waals surface area contributed by atoms with E-state index in [2.05, 4.69) is 33.1 Å². The van der Waals surface area contributed by atoms with Gasteiger partial charge in [-0.25, -0.2) is 4.79 Å². The maximum atomic E-state index is 11.5. The van der Waals surface area contributed by atoms with E-state index in [-0.39, 0.29) is 0 Å². The van der Waals surface area contributed by atoms with Crippen molar-refractivity contribution in [3.8, 4) is 0 Å². The van der Waals surface area contributed by atoms with Gasteiger partial charge >= 0.3 is 6.09 Å². The molecule has 0 saturated carbocycles. The standard InChI is InChI=1S/C14H19BrN2O2/c1-10(17-13(18)19-14(2,3)4)16-9-11-5-7-12(15)8-6-11/h5-8,16H,1,9H2,2-4H3,(H,17,18). The fourth-order valence-electron chi connectivity index (χ4n) is 1.28. The highest BCUT2D eigenvalue weighted by molar-refractivity contribution is 9.10. The molecule has 1 rings (SSSR count). The SMILES string of the molecule is C=C(NCc1ccc(Br)cc1)NC(=O)OC(C)(C)C. The highest BCUT2D eigenvalue weighted by atomic mass is 79.9. The molecule has 1 aromatic rings. The predicted molar refractivity (Wildman–Crippen MR) is 79.5 cm³/mol. The number of hydrogen-bond donors (Lipinski definition) is 2. The van der Waals surface area contributed by atoms with Crippen molar-refractivity contribution in [3.05, 3.63) is 46.7 Å². The van der Waals surface area contributed by atoms with Gasteiger partial charge < -0.3 is 10.1 Å². The Morgan fingerprint density at radius 2 is 1.89 bits per heavy atom. The number of benzene rings is 1. The Balaban J connectivity index is 2.36. The van der Waals surface area contributed by atoms with Crippen LogP contribution in [0, 0.1) is 0 Å². The summed E-state index contributed by atoms with van der Waals surface area (Å²) >= 11 is 3.37. The summed E-state index contributed by atoms with van der Waals surface area (Å²) in [6.07, 6.45) is -0.513. The van der Waals surface area contributed by atoms with Crippen molar-refractivity contribution >= 4 is 22.0 Å². The number of nitrogens with one attached hydrogen (secondary N) is 2. The van der Waals surface area contributed by atoms with E-state index in [0.717, 1.165) is 10.0 Å². The van der Waals surface area contributed by atoms with Crippen LogP contribution >= 0.6 is 15.9 Å². The lowest BCUT2D eigenvalue weighted by molar-refractivity contribution is 0.0542. The highest BCUT2D eigenvalue weighted by Gasteiger charge is 2.16. The molecular formula is C14H19BrN2O2. The first-order chi connectivity index (χ1) is 8.76. The normalized spacial score (nSPS) is 10.7. The summed E-state index contributed by atoms with van der Waals surface area (Å²) in [5.41, 5.74) is 0.575. The molecule has 0 aliphatic rings. The van der Waals surface area contributed by atoms with Crippen LogP contribution in [-0.4, -0.2) is 11.7 Å². The van der Waals surface area contributed by atoms with Crippen LogP contribution in [0.2, 0.25) is 0 Å². The molecule has 4 nitrogen and oxygen atoms in total. The number of alkyl carbamates (subject to hydrolysis) is 1. The van der Waals surface area contributed by atoms with Crippen molar-refractivity contribution in [2.24, 2.45) is 0 Å². The molecule has 0 bridgehead atoms. The van der Waals surface area contributed by atoms with E-state index in [0.29, 0.717) is 12.4 Å². The molecule has 0 aliphatic carbocycles. The van der Waals surface area contributed by atoms with Crippen LogP contribution in [0.1, 0.15) is 26.3 Å². The largest absolute Gasteiger partial charge is 0.444 e. The molecule has 0 aliphatic heterocycles. The summed E-state index contributed by atoms with van der Waals surface area (Å²) in [5.74, 6) is 0.414. The van der Waals surface area contributed by atoms with E-state index in [1.807, 2.05) is 45.0 Å². The first-order valence-corrected chi connectivity index (χ1v) is 6.73. The lowest BCUT2D eigenvalue weighted by Gasteiger charge is -2.20. The minimum Gasteiger partial charge on any atom is -0.444 e. The summed E-state index contributed by atoms with van der Waals surface area (Å²) < 4.78 is 6.15. The van der Waals surface area contributed by atoms with Gasteiger partial charge in [0.25, 0.3) is 0 Å². The molecule has 0 fully saturated rings. The van der Waals surface area contributed by atoms with Gasteiger partial charge in [0.2, 0.25) is 0 Å². The molecule has 0 atom stereocenters. The van der Waals surface area contributed by atoms with Crippen LogP contribution < -0.4 is 10.6 Å². The minimum atomic E-state index is -0.518. The summed E-state index contributed by atoms with van der Waals surface area (Å²) in [4.78, 5) is 11.5. The Labute approximate surface area is 122 Å². The number of hydrogen-bond acceptors (Lipinski definition) is 3. The van der Waals surface area contributed by atoms with Crippen LogP contribution in [0.3, 0.4) is 0 Å². The van der Waals surface area contributed by atoms with Crippen LogP contribution in [0.25, 0.3) is 0 Å². The van der Waals surface area contributed by atoms with Gasteiger partial charge in [-0.15, -0.1) is 0 Å². The van der Waals surface area contributed by atoms with Crippen LogP contribution in [0.15, 0.2) is 41.1 Å². The first kappa shape index (κ1) is 15.6. The molecule has 1 amide bonds. The van der Waals surface area contributed by atoms with Crippen LogP contribution in [-0.2, 0) is 11.3 Å². The molecule has 0 saturated heterocycles. The summed E-state index contributed by atoms with van der Waals surface area (Å²) in [6, 6.07) is 7.89. The second kappa shape index (κ2) is 6.61. The van der Waals surface area contributed by atoms with Gasteiger partial charge in [-0.2, -0.15) is 0 Å². The van der Waals surface area contributed by atoms with E-state index in [4.69, 9.17) is 4.74 Å². The van der Waals surface area contributed by atoms with Crippen molar-refractivity contribution in [2.45, 2.75) is 32.9 Å². The fourth-order valence-corrected chi connectivity index (χ4v) is 1.55. The number of ether oxygens (including phenoxy) is 1. The second-order valence-electron chi connectivity index (χ2n) is 5.09. The molecule has 0 radical (unpaired) electrons. The Morgan fingerprint density at radius 1 is 1.32 bits per heavy atom. The van der Waals surface area contributed by atoms with Gasteiger partial charge in [0.15, 0.2) is 0 Å². The third kappa shape index (κ3) is 6.86. The van der Waals surface area contributed by atoms with Gasteiger partial charge in [0, 0.05) is 11.0 Å². The van der Waals surface area contributed by atoms with Gasteiger partial charge in [-0.1, -0.05) is 34.6 Å². The Kier molecular flexibility index (Phi) is 5.42. The average Bonchev–Trinajstić information content (AvgIpc) is 2.25. The zero-order chi connectivity index (χ0) is 14.5. The molecular weight excluding hydrogens is 308 g/mol. The molecule has 5 heteroatoms. The zero-order valence-electron chi connectivity index (χ0n) is 11.4. The fraction of sp³-hybridized carbons (Fsp3) is 0.357. The minimum absolute atomic E-state index is 0.414. The van der Waals surface area contributed by atoms with Crippen molar-refractivity contribution in [3.63, 3.8) is 0 Å². The topological polar surface area (TPSA) is 50.4 Å². The lowest BCUT2D eigenvalue weighted by atomic mass is 10.2. The molecule has 0 unspecified atom stereocenters. The Hall–Kier alpha value is -1.49. The van der Waals surface area contributed by atoms with E-state index < -0.39 is 11.7 Å². The molecule has 104 valence electrons. The molecule has 0 aromatic heterocycles. The van der Waals surface area contributed by atoms with E-state index in [1.54, 1.807) is 0 Å². The van der Waals surface area contributed by atoms with E-state index in [1.165, 1.54) is 0 Å². The number of halogens is 1. The van der Waals surface area contributed by atoms with Crippen molar-refractivity contribution in [1.29, 1.82) is 0 Å². The molecule has 1 aromatic carbocycles. The summed E-state index contributed by atoms with van der Waals surface area (Å²) in [5, 5.41) is 5.56. The third-order valence-corrected chi connectivity index (χ3v) is 2.60. The highest BCUT2D eigenvalue weighted by Crippen LogP contribution is 2.10. The monoisotopic (exact) mass is 326 g/mol. The van der Waals surface area contributed by atoms with Gasteiger partial charge in [0.05, 0.1) is 0 Å². The smallest absolute Gasteiger partial charge is 0.413 e. The van der Waals surface area contributed by atoms with Gasteiger partial charge in [0.1, 0.15) is 11.4 Å². The molecule has 0 heterocycles. The molecule has 2 N–H and O–H groups in total. The van der Waals surface area contributed by atoms with Gasteiger partial charge in [-0.05, 0) is 38.5 Å². The Morgan fingerprint density at radius 3 is 2.42 bits per heavy atom. The average molecular weight is 327 g/mol. The van der Waals surface area contributed by atoms with Crippen LogP contribution in [0.4, 0.5) is 4.79 Å². The summed E-state index contributed by atoms with van der Waals surface area (Å²) in [7, 11) is 0. The molecule has 0 spiro atoms. The quantitative estimate of drug-likeness (QED) is 0.889. The first-order valence-electron chi connectivity index (χ1n) is 5.93.